The molecule has 5 rings (SSSR count). The summed E-state index contributed by atoms with van der Waals surface area (Å²) in [6, 6.07) is 7.30. The Balaban J connectivity index is 1.50. The quantitative estimate of drug-likeness (QED) is 0.543. The lowest BCUT2D eigenvalue weighted by Gasteiger charge is -2.31. The van der Waals surface area contributed by atoms with Crippen molar-refractivity contribution in [3.05, 3.63) is 53.6 Å². The molecule has 1 saturated heterocycles. The second-order valence-electron chi connectivity index (χ2n) is 7.16. The van der Waals surface area contributed by atoms with E-state index in [0.29, 0.717) is 41.8 Å². The van der Waals surface area contributed by atoms with Crippen molar-refractivity contribution in [1.29, 1.82) is 0 Å². The molecule has 1 aromatic carbocycles. The van der Waals surface area contributed by atoms with Crippen LogP contribution in [0.4, 0.5) is 0 Å². The standard InChI is InChI=1S/C20H18ClN7O2/c1-12-10-27(2-3-30-12)20(29)15-4-14-9-25-28(19(14)22-8-15)17-6-13(5-16(21)7-17)18-23-11-24-26-18/h4-9,11-12H,2-3,10H2,1H3,(H,23,24,26)/t12-/m1/s1. The molecule has 10 heteroatoms. The van der Waals surface area contributed by atoms with Crippen molar-refractivity contribution in [2.75, 3.05) is 19.7 Å². The Morgan fingerprint density at radius 1 is 1.23 bits per heavy atom. The molecule has 3 aromatic heterocycles. The number of halogens is 1. The third-order valence-electron chi connectivity index (χ3n) is 5.00. The predicted molar refractivity (Wildman–Crippen MR) is 111 cm³/mol. The number of nitrogens with zero attached hydrogens (tertiary/aromatic N) is 6. The van der Waals surface area contributed by atoms with Crippen molar-refractivity contribution < 1.29 is 9.53 Å². The lowest BCUT2D eigenvalue weighted by molar-refractivity contribution is -0.0124. The molecule has 0 aliphatic carbocycles. The van der Waals surface area contributed by atoms with Crippen molar-refractivity contribution in [2.45, 2.75) is 13.0 Å². The topological polar surface area (TPSA) is 102 Å². The minimum absolute atomic E-state index is 0.0310. The molecule has 1 amide bonds. The Hall–Kier alpha value is -3.30. The Bertz CT molecular complexity index is 1220. The number of aromatic nitrogens is 6. The highest BCUT2D eigenvalue weighted by Crippen LogP contribution is 2.26. The molecular formula is C20H18ClN7O2. The zero-order valence-electron chi connectivity index (χ0n) is 16.1. The first kappa shape index (κ1) is 18.7. The van der Waals surface area contributed by atoms with Crippen LogP contribution >= 0.6 is 11.6 Å². The number of H-pyrrole nitrogens is 1. The number of carbonyl (C=O) groups excluding carboxylic acids is 1. The molecule has 0 radical (unpaired) electrons. The number of ether oxygens (including phenoxy) is 1. The summed E-state index contributed by atoms with van der Waals surface area (Å²) >= 11 is 6.32. The first-order chi connectivity index (χ1) is 14.6. The van der Waals surface area contributed by atoms with E-state index in [-0.39, 0.29) is 12.0 Å². The number of hydrogen-bond acceptors (Lipinski definition) is 6. The van der Waals surface area contributed by atoms with Gasteiger partial charge < -0.3 is 9.64 Å². The van der Waals surface area contributed by atoms with Gasteiger partial charge in [-0.15, -0.1) is 0 Å². The minimum Gasteiger partial charge on any atom is -0.375 e. The van der Waals surface area contributed by atoms with Gasteiger partial charge in [0, 0.05) is 35.3 Å². The van der Waals surface area contributed by atoms with Crippen molar-refractivity contribution in [3.63, 3.8) is 0 Å². The number of benzene rings is 1. The Kier molecular flexibility index (Phi) is 4.68. The van der Waals surface area contributed by atoms with Gasteiger partial charge in [-0.25, -0.2) is 14.6 Å². The van der Waals surface area contributed by atoms with Crippen LogP contribution in [0.3, 0.4) is 0 Å². The van der Waals surface area contributed by atoms with Crippen LogP contribution in [-0.2, 0) is 4.74 Å². The molecule has 30 heavy (non-hydrogen) atoms. The van der Waals surface area contributed by atoms with E-state index >= 15 is 0 Å². The third-order valence-corrected chi connectivity index (χ3v) is 5.22. The van der Waals surface area contributed by atoms with Gasteiger partial charge in [-0.1, -0.05) is 11.6 Å². The summed E-state index contributed by atoms with van der Waals surface area (Å²) in [5.41, 5.74) is 2.68. The van der Waals surface area contributed by atoms with E-state index in [1.807, 2.05) is 19.1 Å². The van der Waals surface area contributed by atoms with Gasteiger partial charge in [0.2, 0.25) is 0 Å². The Labute approximate surface area is 176 Å². The number of nitrogens with one attached hydrogen (secondary N) is 1. The molecule has 1 aliphatic rings. The van der Waals surface area contributed by atoms with Crippen molar-refractivity contribution >= 4 is 28.5 Å². The van der Waals surface area contributed by atoms with Crippen LogP contribution < -0.4 is 0 Å². The van der Waals surface area contributed by atoms with Crippen LogP contribution in [0.15, 0.2) is 43.0 Å². The van der Waals surface area contributed by atoms with E-state index in [0.717, 1.165) is 16.6 Å². The lowest BCUT2D eigenvalue weighted by atomic mass is 10.2. The number of amides is 1. The number of hydrogen-bond donors (Lipinski definition) is 1. The van der Waals surface area contributed by atoms with Crippen LogP contribution in [0.2, 0.25) is 5.02 Å². The maximum absolute atomic E-state index is 12.9. The highest BCUT2D eigenvalue weighted by molar-refractivity contribution is 6.31. The summed E-state index contributed by atoms with van der Waals surface area (Å²) < 4.78 is 7.21. The first-order valence-electron chi connectivity index (χ1n) is 9.50. The summed E-state index contributed by atoms with van der Waals surface area (Å²) in [5, 5.41) is 12.5. The fraction of sp³-hybridized carbons (Fsp3) is 0.250. The van der Waals surface area contributed by atoms with Gasteiger partial charge in [0.05, 0.1) is 30.2 Å². The summed E-state index contributed by atoms with van der Waals surface area (Å²) in [7, 11) is 0. The number of rotatable bonds is 3. The highest BCUT2D eigenvalue weighted by atomic mass is 35.5. The molecule has 1 N–H and O–H groups in total. The molecule has 0 unspecified atom stereocenters. The van der Waals surface area contributed by atoms with Crippen LogP contribution in [0.1, 0.15) is 17.3 Å². The highest BCUT2D eigenvalue weighted by Gasteiger charge is 2.23. The second-order valence-corrected chi connectivity index (χ2v) is 7.59. The van der Waals surface area contributed by atoms with E-state index < -0.39 is 0 Å². The smallest absolute Gasteiger partial charge is 0.255 e. The molecule has 4 heterocycles. The predicted octanol–water partition coefficient (Wildman–Crippen LogP) is 2.72. The number of fused-ring (bicyclic) bond motifs is 1. The number of aromatic amines is 1. The summed E-state index contributed by atoms with van der Waals surface area (Å²) in [6.07, 6.45) is 4.75. The SMILES string of the molecule is C[C@@H]1CN(C(=O)c2cnc3c(cnn3-c3cc(Cl)cc(-c4ncn[nH]4)c3)c2)CCO1. The molecule has 0 bridgehead atoms. The molecule has 1 aliphatic heterocycles. The molecule has 9 nitrogen and oxygen atoms in total. The average Bonchev–Trinajstić information content (AvgIpc) is 3.42. The zero-order chi connectivity index (χ0) is 20.7. The van der Waals surface area contributed by atoms with E-state index in [9.17, 15) is 4.79 Å². The van der Waals surface area contributed by atoms with Crippen LogP contribution in [0.25, 0.3) is 28.1 Å². The van der Waals surface area contributed by atoms with E-state index in [4.69, 9.17) is 16.3 Å². The van der Waals surface area contributed by atoms with Crippen molar-refractivity contribution in [1.82, 2.24) is 34.8 Å². The number of morpholine rings is 1. The number of pyridine rings is 1. The zero-order valence-corrected chi connectivity index (χ0v) is 16.9. The second kappa shape index (κ2) is 7.51. The summed E-state index contributed by atoms with van der Waals surface area (Å²) in [5.74, 6) is 0.554. The van der Waals surface area contributed by atoms with Crippen molar-refractivity contribution in [2.24, 2.45) is 0 Å². The molecule has 0 saturated carbocycles. The fourth-order valence-electron chi connectivity index (χ4n) is 3.59. The Morgan fingerprint density at radius 3 is 2.93 bits per heavy atom. The molecule has 152 valence electrons. The molecule has 1 atom stereocenters. The van der Waals surface area contributed by atoms with Gasteiger partial charge in [0.1, 0.15) is 6.33 Å². The minimum atomic E-state index is -0.0531. The summed E-state index contributed by atoms with van der Waals surface area (Å²) in [6.45, 7) is 3.65. The molecular weight excluding hydrogens is 406 g/mol. The van der Waals surface area contributed by atoms with Crippen LogP contribution in [0, 0.1) is 0 Å². The maximum Gasteiger partial charge on any atom is 0.255 e. The van der Waals surface area contributed by atoms with Crippen LogP contribution in [0.5, 0.6) is 0 Å². The van der Waals surface area contributed by atoms with E-state index in [1.54, 1.807) is 34.1 Å². The van der Waals surface area contributed by atoms with Gasteiger partial charge in [-0.3, -0.25) is 9.89 Å². The lowest BCUT2D eigenvalue weighted by Crippen LogP contribution is -2.44. The largest absolute Gasteiger partial charge is 0.375 e. The normalized spacial score (nSPS) is 16.9. The fourth-order valence-corrected chi connectivity index (χ4v) is 3.82. The Morgan fingerprint density at radius 2 is 2.13 bits per heavy atom. The first-order valence-corrected chi connectivity index (χ1v) is 9.87. The van der Waals surface area contributed by atoms with Gasteiger partial charge in [0.25, 0.3) is 5.91 Å². The van der Waals surface area contributed by atoms with E-state index in [1.165, 1.54) is 6.33 Å². The van der Waals surface area contributed by atoms with Gasteiger partial charge in [0.15, 0.2) is 11.5 Å². The van der Waals surface area contributed by atoms with Gasteiger partial charge in [-0.05, 0) is 31.2 Å². The molecule has 4 aromatic rings. The number of carbonyl (C=O) groups is 1. The summed E-state index contributed by atoms with van der Waals surface area (Å²) in [4.78, 5) is 23.3. The van der Waals surface area contributed by atoms with Crippen molar-refractivity contribution in [3.8, 4) is 17.1 Å². The average molecular weight is 424 g/mol. The van der Waals surface area contributed by atoms with Gasteiger partial charge >= 0.3 is 0 Å². The van der Waals surface area contributed by atoms with Gasteiger partial charge in [-0.2, -0.15) is 10.2 Å². The van der Waals surface area contributed by atoms with Crippen LogP contribution in [-0.4, -0.2) is 66.6 Å². The third kappa shape index (κ3) is 3.42. The molecule has 0 spiro atoms. The van der Waals surface area contributed by atoms with E-state index in [2.05, 4.69) is 25.3 Å². The molecule has 1 fully saturated rings. The maximum atomic E-state index is 12.9. The monoisotopic (exact) mass is 423 g/mol.